The molecule has 0 fully saturated rings. The summed E-state index contributed by atoms with van der Waals surface area (Å²) in [6, 6.07) is 18.0. The Kier molecular flexibility index (Phi) is 7.12. The van der Waals surface area contributed by atoms with Crippen LogP contribution in [0.4, 0.5) is 5.69 Å². The van der Waals surface area contributed by atoms with Crippen molar-refractivity contribution in [3.63, 3.8) is 0 Å². The van der Waals surface area contributed by atoms with Crippen molar-refractivity contribution in [2.75, 3.05) is 11.9 Å². The van der Waals surface area contributed by atoms with E-state index in [1.54, 1.807) is 29.2 Å². The summed E-state index contributed by atoms with van der Waals surface area (Å²) in [5, 5.41) is 3.42. The van der Waals surface area contributed by atoms with Crippen LogP contribution in [0.1, 0.15) is 28.6 Å². The summed E-state index contributed by atoms with van der Waals surface area (Å²) in [5.74, 6) is -0.102. The average molecular weight is 476 g/mol. The lowest BCUT2D eigenvalue weighted by molar-refractivity contribution is -0.130. The second kappa shape index (κ2) is 9.76. The summed E-state index contributed by atoms with van der Waals surface area (Å²) in [7, 11) is 0. The Morgan fingerprint density at radius 1 is 1.07 bits per heavy atom. The molecule has 2 aromatic carbocycles. The van der Waals surface area contributed by atoms with Crippen LogP contribution in [0.2, 0.25) is 5.02 Å². The summed E-state index contributed by atoms with van der Waals surface area (Å²) in [6.45, 7) is 3.01. The van der Waals surface area contributed by atoms with E-state index in [2.05, 4.69) is 21.2 Å². The molecular weight excluding hydrogens is 456 g/mol. The van der Waals surface area contributed by atoms with Crippen LogP contribution < -0.4 is 5.32 Å². The van der Waals surface area contributed by atoms with E-state index in [0.717, 1.165) is 11.1 Å². The minimum absolute atomic E-state index is 0.0182. The SMILES string of the molecule is CCN(Cc1ccccc1Cl)C(=O)Cc1ccc(NC(=O)c2ccc(Br)o2)cc1. The monoisotopic (exact) mass is 474 g/mol. The third-order valence-electron chi connectivity index (χ3n) is 4.42. The molecular formula is C22H20BrClN2O3. The Labute approximate surface area is 182 Å². The zero-order valence-corrected chi connectivity index (χ0v) is 18.2. The second-order valence-electron chi connectivity index (χ2n) is 6.43. The molecule has 0 bridgehead atoms. The van der Waals surface area contributed by atoms with Gasteiger partial charge in [-0.1, -0.05) is 41.9 Å². The number of rotatable bonds is 7. The van der Waals surface area contributed by atoms with Gasteiger partial charge in [-0.2, -0.15) is 0 Å². The second-order valence-corrected chi connectivity index (χ2v) is 7.62. The summed E-state index contributed by atoms with van der Waals surface area (Å²) in [5.41, 5.74) is 2.42. The molecule has 3 rings (SSSR count). The van der Waals surface area contributed by atoms with E-state index in [4.69, 9.17) is 16.0 Å². The fourth-order valence-corrected chi connectivity index (χ4v) is 3.33. The highest BCUT2D eigenvalue weighted by molar-refractivity contribution is 9.10. The van der Waals surface area contributed by atoms with Gasteiger partial charge in [-0.15, -0.1) is 0 Å². The number of anilines is 1. The number of amides is 2. The first-order chi connectivity index (χ1) is 14.0. The van der Waals surface area contributed by atoms with Crippen LogP contribution in [0, 0.1) is 0 Å². The van der Waals surface area contributed by atoms with Crippen molar-refractivity contribution in [1.29, 1.82) is 0 Å². The summed E-state index contributed by atoms with van der Waals surface area (Å²) < 4.78 is 5.73. The number of likely N-dealkylation sites (N-methyl/N-ethyl adjacent to an activating group) is 1. The molecule has 0 saturated carbocycles. The third-order valence-corrected chi connectivity index (χ3v) is 5.21. The predicted molar refractivity (Wildman–Crippen MR) is 117 cm³/mol. The lowest BCUT2D eigenvalue weighted by atomic mass is 10.1. The number of benzene rings is 2. The quantitative estimate of drug-likeness (QED) is 0.488. The molecule has 0 unspecified atom stereocenters. The van der Waals surface area contributed by atoms with Crippen molar-refractivity contribution in [3.05, 3.63) is 87.2 Å². The molecule has 1 N–H and O–H groups in total. The number of hydrogen-bond donors (Lipinski definition) is 1. The van der Waals surface area contributed by atoms with Crippen molar-refractivity contribution in [2.45, 2.75) is 19.9 Å². The Balaban J connectivity index is 1.60. The number of hydrogen-bond acceptors (Lipinski definition) is 3. The third kappa shape index (κ3) is 5.71. The van der Waals surface area contributed by atoms with E-state index in [0.29, 0.717) is 28.5 Å². The van der Waals surface area contributed by atoms with Gasteiger partial charge in [0.1, 0.15) is 0 Å². The highest BCUT2D eigenvalue weighted by atomic mass is 79.9. The Morgan fingerprint density at radius 3 is 2.41 bits per heavy atom. The van der Waals surface area contributed by atoms with Gasteiger partial charge in [-0.05, 0) is 64.3 Å². The topological polar surface area (TPSA) is 62.6 Å². The van der Waals surface area contributed by atoms with Gasteiger partial charge < -0.3 is 14.6 Å². The molecule has 0 spiro atoms. The molecule has 0 aliphatic heterocycles. The maximum absolute atomic E-state index is 12.7. The van der Waals surface area contributed by atoms with E-state index in [1.807, 2.05) is 43.3 Å². The summed E-state index contributed by atoms with van der Waals surface area (Å²) >= 11 is 9.38. The fourth-order valence-electron chi connectivity index (χ4n) is 2.83. The van der Waals surface area contributed by atoms with E-state index < -0.39 is 0 Å². The molecule has 2 amide bonds. The van der Waals surface area contributed by atoms with E-state index in [9.17, 15) is 9.59 Å². The molecule has 150 valence electrons. The Morgan fingerprint density at radius 2 is 1.79 bits per heavy atom. The first kappa shape index (κ1) is 21.1. The molecule has 0 aliphatic carbocycles. The molecule has 0 radical (unpaired) electrons. The van der Waals surface area contributed by atoms with Crippen LogP contribution in [-0.2, 0) is 17.8 Å². The van der Waals surface area contributed by atoms with Crippen molar-refractivity contribution in [1.82, 2.24) is 4.90 Å². The van der Waals surface area contributed by atoms with Crippen LogP contribution in [-0.4, -0.2) is 23.3 Å². The average Bonchev–Trinajstić information content (AvgIpc) is 3.15. The van der Waals surface area contributed by atoms with Crippen molar-refractivity contribution < 1.29 is 14.0 Å². The molecule has 0 saturated heterocycles. The van der Waals surface area contributed by atoms with Crippen LogP contribution in [0.5, 0.6) is 0 Å². The molecule has 5 nitrogen and oxygen atoms in total. The molecule has 29 heavy (non-hydrogen) atoms. The van der Waals surface area contributed by atoms with Gasteiger partial charge in [0.2, 0.25) is 5.91 Å². The summed E-state index contributed by atoms with van der Waals surface area (Å²) in [6.07, 6.45) is 0.275. The lowest BCUT2D eigenvalue weighted by Crippen LogP contribution is -2.31. The highest BCUT2D eigenvalue weighted by Crippen LogP contribution is 2.19. The zero-order valence-electron chi connectivity index (χ0n) is 15.8. The number of furan rings is 1. The maximum Gasteiger partial charge on any atom is 0.291 e. The molecule has 1 aromatic heterocycles. The largest absolute Gasteiger partial charge is 0.444 e. The first-order valence-corrected chi connectivity index (χ1v) is 10.3. The van der Waals surface area contributed by atoms with E-state index in [-0.39, 0.29) is 24.0 Å². The number of carbonyl (C=O) groups excluding carboxylic acids is 2. The number of halogens is 2. The van der Waals surface area contributed by atoms with Crippen LogP contribution in [0.15, 0.2) is 69.8 Å². The predicted octanol–water partition coefficient (Wildman–Crippen LogP) is 5.54. The fraction of sp³-hybridized carbons (Fsp3) is 0.182. The number of nitrogens with one attached hydrogen (secondary N) is 1. The number of nitrogens with zero attached hydrogens (tertiary/aromatic N) is 1. The van der Waals surface area contributed by atoms with Gasteiger partial charge in [0.25, 0.3) is 5.91 Å². The van der Waals surface area contributed by atoms with Gasteiger partial charge in [0.15, 0.2) is 10.4 Å². The minimum Gasteiger partial charge on any atom is -0.444 e. The highest BCUT2D eigenvalue weighted by Gasteiger charge is 2.15. The lowest BCUT2D eigenvalue weighted by Gasteiger charge is -2.21. The van der Waals surface area contributed by atoms with Gasteiger partial charge >= 0.3 is 0 Å². The van der Waals surface area contributed by atoms with Crippen molar-refractivity contribution in [2.24, 2.45) is 0 Å². The minimum atomic E-state index is -0.337. The number of carbonyl (C=O) groups is 2. The standard InChI is InChI=1S/C22H20BrClN2O3/c1-2-26(14-16-5-3-4-6-18(16)24)21(27)13-15-7-9-17(10-8-15)25-22(28)19-11-12-20(23)29-19/h3-12H,2,13-14H2,1H3,(H,25,28). The van der Waals surface area contributed by atoms with Gasteiger partial charge in [0, 0.05) is 23.8 Å². The first-order valence-electron chi connectivity index (χ1n) is 9.13. The van der Waals surface area contributed by atoms with Crippen LogP contribution in [0.25, 0.3) is 0 Å². The Bertz CT molecular complexity index is 1000. The maximum atomic E-state index is 12.7. The smallest absolute Gasteiger partial charge is 0.291 e. The van der Waals surface area contributed by atoms with Gasteiger partial charge in [-0.3, -0.25) is 9.59 Å². The Hall–Kier alpha value is -2.57. The van der Waals surface area contributed by atoms with Gasteiger partial charge in [-0.25, -0.2) is 0 Å². The van der Waals surface area contributed by atoms with Gasteiger partial charge in [0.05, 0.1) is 6.42 Å². The molecule has 0 aliphatic rings. The van der Waals surface area contributed by atoms with E-state index in [1.165, 1.54) is 0 Å². The molecule has 3 aromatic rings. The molecule has 7 heteroatoms. The normalized spacial score (nSPS) is 10.6. The summed E-state index contributed by atoms with van der Waals surface area (Å²) in [4.78, 5) is 26.6. The zero-order chi connectivity index (χ0) is 20.8. The van der Waals surface area contributed by atoms with Crippen LogP contribution >= 0.6 is 27.5 Å². The van der Waals surface area contributed by atoms with Crippen molar-refractivity contribution in [3.8, 4) is 0 Å². The van der Waals surface area contributed by atoms with Crippen molar-refractivity contribution >= 4 is 45.0 Å². The molecule has 0 atom stereocenters. The van der Waals surface area contributed by atoms with E-state index >= 15 is 0 Å². The molecule has 1 heterocycles. The van der Waals surface area contributed by atoms with Crippen LogP contribution in [0.3, 0.4) is 0 Å².